The zero-order chi connectivity index (χ0) is 11.3. The smallest absolute Gasteiger partial charge is 0.140 e. The highest BCUT2D eigenvalue weighted by Gasteiger charge is 2.29. The van der Waals surface area contributed by atoms with Crippen molar-refractivity contribution in [3.8, 4) is 6.07 Å². The van der Waals surface area contributed by atoms with Crippen LogP contribution in [0.1, 0.15) is 6.92 Å². The summed E-state index contributed by atoms with van der Waals surface area (Å²) in [6.07, 6.45) is 0. The molecule has 1 aromatic carbocycles. The van der Waals surface area contributed by atoms with Crippen LogP contribution in [-0.2, 0) is 0 Å². The van der Waals surface area contributed by atoms with Gasteiger partial charge in [-0.3, -0.25) is 0 Å². The van der Waals surface area contributed by atoms with Crippen LogP contribution in [0.5, 0.6) is 0 Å². The zero-order valence-electron chi connectivity index (χ0n) is 8.08. The van der Waals surface area contributed by atoms with E-state index in [-0.39, 0.29) is 0 Å². The lowest BCUT2D eigenvalue weighted by molar-refractivity contribution is 0.999. The van der Waals surface area contributed by atoms with Gasteiger partial charge in [0.2, 0.25) is 0 Å². The molecule has 4 heteroatoms. The monoisotopic (exact) mass is 257 g/mol. The van der Waals surface area contributed by atoms with Gasteiger partial charge < -0.3 is 0 Å². The minimum Gasteiger partial charge on any atom is -0.196 e. The Labute approximate surface area is 104 Å². The van der Waals surface area contributed by atoms with Crippen LogP contribution in [-0.4, -0.2) is 4.75 Å². The van der Waals surface area contributed by atoms with Crippen LogP contribution in [0.15, 0.2) is 45.8 Å². The molecule has 0 saturated heterocycles. The maximum atomic E-state index is 9.09. The predicted octanol–water partition coefficient (Wildman–Crippen LogP) is 4.38. The summed E-state index contributed by atoms with van der Waals surface area (Å²) in [5.41, 5.74) is 1.24. The highest BCUT2D eigenvalue weighted by atomic mass is 35.5. The van der Waals surface area contributed by atoms with E-state index in [0.717, 1.165) is 4.90 Å². The fraction of sp³-hybridized carbons (Fsp3) is 0.182. The van der Waals surface area contributed by atoms with Gasteiger partial charge in [0.25, 0.3) is 0 Å². The lowest BCUT2D eigenvalue weighted by Crippen LogP contribution is -2.17. The van der Waals surface area contributed by atoms with Crippen molar-refractivity contribution in [3.63, 3.8) is 0 Å². The molecular weight excluding hydrogens is 249 g/mol. The molecule has 1 atom stereocenters. The molecule has 0 amide bonds. The Hall–Kier alpha value is -0.620. The van der Waals surface area contributed by atoms with Gasteiger partial charge >= 0.3 is 0 Å². The quantitative estimate of drug-likeness (QED) is 0.751. The molecule has 1 unspecified atom stereocenters. The number of rotatable bonds is 3. The van der Waals surface area contributed by atoms with Crippen molar-refractivity contribution in [1.29, 1.82) is 5.26 Å². The molecule has 1 aromatic rings. The fourth-order valence-corrected chi connectivity index (χ4v) is 2.36. The minimum atomic E-state index is -0.829. The van der Waals surface area contributed by atoms with Crippen molar-refractivity contribution in [3.05, 3.63) is 40.9 Å². The van der Waals surface area contributed by atoms with E-state index >= 15 is 0 Å². The Balaban J connectivity index is 2.93. The summed E-state index contributed by atoms with van der Waals surface area (Å²) in [6, 6.07) is 11.8. The van der Waals surface area contributed by atoms with E-state index in [1.54, 1.807) is 6.92 Å². The predicted molar refractivity (Wildman–Crippen MR) is 66.1 cm³/mol. The molecule has 0 aliphatic carbocycles. The molecule has 0 saturated carbocycles. The topological polar surface area (TPSA) is 23.8 Å². The second kappa shape index (κ2) is 5.46. The largest absolute Gasteiger partial charge is 0.196 e. The molecule has 0 spiro atoms. The van der Waals surface area contributed by atoms with Crippen LogP contribution in [0.2, 0.25) is 0 Å². The Morgan fingerprint density at radius 3 is 2.53 bits per heavy atom. The molecule has 0 aromatic heterocycles. The average Bonchev–Trinajstić information content (AvgIpc) is 2.29. The van der Waals surface area contributed by atoms with Gasteiger partial charge in [-0.05, 0) is 19.1 Å². The van der Waals surface area contributed by atoms with Crippen molar-refractivity contribution in [2.75, 3.05) is 0 Å². The van der Waals surface area contributed by atoms with Gasteiger partial charge in [0.15, 0.2) is 0 Å². The standard InChI is InChI=1S/C11H9Cl2NS/c1-11(8-14,10(13)7-12)15-9-5-3-2-4-6-9/h2-7H,1H3/b10-7+. The van der Waals surface area contributed by atoms with Gasteiger partial charge in [-0.25, -0.2) is 0 Å². The fourth-order valence-electron chi connectivity index (χ4n) is 0.953. The van der Waals surface area contributed by atoms with E-state index in [0.29, 0.717) is 5.03 Å². The lowest BCUT2D eigenvalue weighted by atomic mass is 10.2. The summed E-state index contributed by atoms with van der Waals surface area (Å²) in [7, 11) is 0. The van der Waals surface area contributed by atoms with Crippen molar-refractivity contribution < 1.29 is 0 Å². The Morgan fingerprint density at radius 1 is 1.47 bits per heavy atom. The first-order valence-electron chi connectivity index (χ1n) is 4.24. The first-order chi connectivity index (χ1) is 7.12. The maximum Gasteiger partial charge on any atom is 0.140 e. The van der Waals surface area contributed by atoms with Crippen LogP contribution in [0.4, 0.5) is 0 Å². The van der Waals surface area contributed by atoms with E-state index in [1.807, 2.05) is 30.3 Å². The average molecular weight is 258 g/mol. The molecule has 15 heavy (non-hydrogen) atoms. The van der Waals surface area contributed by atoms with Crippen LogP contribution in [0.3, 0.4) is 0 Å². The van der Waals surface area contributed by atoms with Gasteiger partial charge in [0, 0.05) is 10.4 Å². The van der Waals surface area contributed by atoms with Gasteiger partial charge in [-0.1, -0.05) is 53.2 Å². The lowest BCUT2D eigenvalue weighted by Gasteiger charge is -2.19. The molecule has 78 valence electrons. The number of nitrogens with zero attached hydrogens (tertiary/aromatic N) is 1. The van der Waals surface area contributed by atoms with Gasteiger partial charge in [-0.2, -0.15) is 5.26 Å². The highest BCUT2D eigenvalue weighted by molar-refractivity contribution is 8.01. The van der Waals surface area contributed by atoms with Crippen LogP contribution < -0.4 is 0 Å². The number of hydrogen-bond donors (Lipinski definition) is 0. The van der Waals surface area contributed by atoms with Gasteiger partial charge in [0.1, 0.15) is 4.75 Å². The van der Waals surface area contributed by atoms with E-state index in [1.165, 1.54) is 17.3 Å². The van der Waals surface area contributed by atoms with Gasteiger partial charge in [-0.15, -0.1) is 0 Å². The van der Waals surface area contributed by atoms with Crippen molar-refractivity contribution in [2.45, 2.75) is 16.6 Å². The molecule has 0 aliphatic rings. The van der Waals surface area contributed by atoms with Crippen LogP contribution >= 0.6 is 35.0 Å². The molecular formula is C11H9Cl2NS. The van der Waals surface area contributed by atoms with E-state index in [2.05, 4.69) is 6.07 Å². The molecule has 1 rings (SSSR count). The molecule has 0 heterocycles. The summed E-state index contributed by atoms with van der Waals surface area (Å²) in [5, 5.41) is 9.43. The molecule has 0 N–H and O–H groups in total. The molecule has 0 fully saturated rings. The first kappa shape index (κ1) is 12.4. The minimum absolute atomic E-state index is 0.334. The highest BCUT2D eigenvalue weighted by Crippen LogP contribution is 2.39. The number of halogens is 2. The van der Waals surface area contributed by atoms with E-state index in [9.17, 15) is 0 Å². The molecule has 0 bridgehead atoms. The summed E-state index contributed by atoms with van der Waals surface area (Å²) in [5.74, 6) is 0. The molecule has 0 radical (unpaired) electrons. The van der Waals surface area contributed by atoms with E-state index < -0.39 is 4.75 Å². The second-order valence-corrected chi connectivity index (χ2v) is 5.13. The summed E-state index contributed by atoms with van der Waals surface area (Å²) >= 11 is 12.8. The number of thioether (sulfide) groups is 1. The van der Waals surface area contributed by atoms with E-state index in [4.69, 9.17) is 28.5 Å². The number of benzene rings is 1. The summed E-state index contributed by atoms with van der Waals surface area (Å²) in [6.45, 7) is 1.74. The van der Waals surface area contributed by atoms with Crippen molar-refractivity contribution >= 4 is 35.0 Å². The third kappa shape index (κ3) is 3.17. The number of nitriles is 1. The normalized spacial score (nSPS) is 15.5. The molecule has 1 nitrogen and oxygen atoms in total. The van der Waals surface area contributed by atoms with Crippen LogP contribution in [0.25, 0.3) is 0 Å². The van der Waals surface area contributed by atoms with Crippen molar-refractivity contribution in [1.82, 2.24) is 0 Å². The molecule has 0 aliphatic heterocycles. The second-order valence-electron chi connectivity index (χ2n) is 3.02. The van der Waals surface area contributed by atoms with Crippen LogP contribution in [0, 0.1) is 11.3 Å². The third-order valence-electron chi connectivity index (χ3n) is 1.83. The maximum absolute atomic E-state index is 9.09. The van der Waals surface area contributed by atoms with Gasteiger partial charge in [0.05, 0.1) is 11.1 Å². The van der Waals surface area contributed by atoms with Crippen molar-refractivity contribution in [2.24, 2.45) is 0 Å². The first-order valence-corrected chi connectivity index (χ1v) is 5.87. The zero-order valence-corrected chi connectivity index (χ0v) is 10.4. The Bertz CT molecular complexity index is 397. The summed E-state index contributed by atoms with van der Waals surface area (Å²) < 4.78 is -0.829. The number of hydrogen-bond acceptors (Lipinski definition) is 2. The Morgan fingerprint density at radius 2 is 2.07 bits per heavy atom. The summed E-state index contributed by atoms with van der Waals surface area (Å²) in [4.78, 5) is 0.984. The SMILES string of the molecule is CC(C#N)(Sc1ccccc1)/C(Cl)=C\Cl. The Kier molecular flexibility index (Phi) is 4.53. The third-order valence-corrected chi connectivity index (χ3v) is 3.99.